The average Bonchev–Trinajstić information content (AvgIpc) is 2.82. The minimum atomic E-state index is -0.322. The van der Waals surface area contributed by atoms with Gasteiger partial charge in [0.2, 0.25) is 0 Å². The van der Waals surface area contributed by atoms with Gasteiger partial charge in [-0.25, -0.2) is 0 Å². The molecule has 2 aliphatic carbocycles. The Morgan fingerprint density at radius 2 is 1.82 bits per heavy atom. The fourth-order valence-corrected chi connectivity index (χ4v) is 2.88. The highest BCUT2D eigenvalue weighted by molar-refractivity contribution is 6.45. The number of carbonyl (C=O) groups is 1. The molecular formula is C8H10Cl2O. The fraction of sp³-hybridized carbons (Fsp3) is 0.875. The zero-order valence-corrected chi connectivity index (χ0v) is 7.82. The number of hydrogen-bond acceptors (Lipinski definition) is 1. The fourth-order valence-electron chi connectivity index (χ4n) is 1.89. The highest BCUT2D eigenvalue weighted by Crippen LogP contribution is 2.59. The molecule has 0 aromatic carbocycles. The first-order chi connectivity index (χ1) is 5.08. The Hall–Kier alpha value is 0.250. The maximum atomic E-state index is 11.0. The van der Waals surface area contributed by atoms with Gasteiger partial charge in [-0.2, -0.15) is 0 Å². The maximum absolute atomic E-state index is 11.0. The second-order valence-corrected chi connectivity index (χ2v) is 4.64. The van der Waals surface area contributed by atoms with E-state index in [0.717, 1.165) is 0 Å². The molecule has 0 radical (unpaired) electrons. The topological polar surface area (TPSA) is 17.1 Å². The van der Waals surface area contributed by atoms with Crippen LogP contribution in [0.1, 0.15) is 19.8 Å². The third-order valence-corrected chi connectivity index (χ3v) is 4.42. The van der Waals surface area contributed by atoms with E-state index >= 15 is 0 Å². The lowest BCUT2D eigenvalue weighted by molar-refractivity contribution is -0.131. The number of rotatable bonds is 1. The van der Waals surface area contributed by atoms with Crippen molar-refractivity contribution in [2.24, 2.45) is 11.3 Å². The van der Waals surface area contributed by atoms with Crippen LogP contribution in [0.25, 0.3) is 0 Å². The van der Waals surface area contributed by atoms with Gasteiger partial charge in [0.25, 0.3) is 0 Å². The summed E-state index contributed by atoms with van der Waals surface area (Å²) in [5.74, 6) is 0.618. The Morgan fingerprint density at radius 1 is 1.36 bits per heavy atom. The van der Waals surface area contributed by atoms with Gasteiger partial charge in [-0.3, -0.25) is 4.79 Å². The monoisotopic (exact) mass is 192 g/mol. The summed E-state index contributed by atoms with van der Waals surface area (Å²) in [4.78, 5) is 11.0. The third-order valence-electron chi connectivity index (χ3n) is 3.05. The summed E-state index contributed by atoms with van der Waals surface area (Å²) in [6.07, 6.45) is 2.38. The van der Waals surface area contributed by atoms with Crippen molar-refractivity contribution >= 4 is 29.0 Å². The van der Waals surface area contributed by atoms with Crippen molar-refractivity contribution < 1.29 is 4.79 Å². The molecule has 2 rings (SSSR count). The van der Waals surface area contributed by atoms with E-state index < -0.39 is 0 Å². The largest absolute Gasteiger partial charge is 0.296 e. The molecule has 0 aliphatic heterocycles. The molecule has 0 N–H and O–H groups in total. The minimum Gasteiger partial charge on any atom is -0.296 e. The predicted molar refractivity (Wildman–Crippen MR) is 45.1 cm³/mol. The molecule has 0 spiro atoms. The summed E-state index contributed by atoms with van der Waals surface area (Å²) < 4.78 is 0. The van der Waals surface area contributed by atoms with E-state index in [9.17, 15) is 4.79 Å². The van der Waals surface area contributed by atoms with E-state index in [-0.39, 0.29) is 22.0 Å². The van der Waals surface area contributed by atoms with Crippen LogP contribution in [0, 0.1) is 11.3 Å². The van der Waals surface area contributed by atoms with E-state index in [1.165, 1.54) is 12.8 Å². The third kappa shape index (κ3) is 0.815. The molecule has 2 fully saturated rings. The van der Waals surface area contributed by atoms with Crippen molar-refractivity contribution in [3.05, 3.63) is 0 Å². The first-order valence-corrected chi connectivity index (χ1v) is 4.77. The summed E-state index contributed by atoms with van der Waals surface area (Å²) in [5, 5.41) is -0.644. The van der Waals surface area contributed by atoms with Crippen LogP contribution < -0.4 is 0 Å². The van der Waals surface area contributed by atoms with Crippen LogP contribution >= 0.6 is 23.2 Å². The van der Waals surface area contributed by atoms with E-state index in [1.54, 1.807) is 0 Å². The molecule has 2 aliphatic rings. The van der Waals surface area contributed by atoms with Crippen LogP contribution in [0.15, 0.2) is 0 Å². The lowest BCUT2D eigenvalue weighted by Crippen LogP contribution is -2.60. The number of ketones is 1. The molecule has 0 bridgehead atoms. The normalized spacial score (nSPS) is 50.6. The summed E-state index contributed by atoms with van der Waals surface area (Å²) in [6, 6.07) is 0. The molecule has 2 unspecified atom stereocenters. The zero-order chi connectivity index (χ0) is 8.22. The van der Waals surface area contributed by atoms with Gasteiger partial charge in [0, 0.05) is 5.41 Å². The first kappa shape index (κ1) is 7.88. The Bertz CT molecular complexity index is 198. The van der Waals surface area contributed by atoms with Crippen LogP contribution in [0.2, 0.25) is 0 Å². The molecule has 0 heterocycles. The molecule has 62 valence electrons. The molecule has 3 heteroatoms. The molecule has 2 atom stereocenters. The van der Waals surface area contributed by atoms with Crippen molar-refractivity contribution in [1.29, 1.82) is 0 Å². The van der Waals surface area contributed by atoms with Gasteiger partial charge in [-0.05, 0) is 18.8 Å². The number of alkyl halides is 2. The standard InChI is InChI=1S/C8H10Cl2O/c1-8(4-2-3-4)6(9)5(11)7(8)10/h4,6-7H,2-3H2,1H3. The van der Waals surface area contributed by atoms with Crippen molar-refractivity contribution in [1.82, 2.24) is 0 Å². The Labute approximate surface area is 76.1 Å². The van der Waals surface area contributed by atoms with E-state index in [1.807, 2.05) is 6.92 Å². The summed E-state index contributed by atoms with van der Waals surface area (Å²) in [5.41, 5.74) is -0.0970. The van der Waals surface area contributed by atoms with Gasteiger partial charge in [0.05, 0.1) is 0 Å². The number of carbonyl (C=O) groups excluding carboxylic acids is 1. The average molecular weight is 193 g/mol. The van der Waals surface area contributed by atoms with E-state index in [2.05, 4.69) is 0 Å². The van der Waals surface area contributed by atoms with Gasteiger partial charge in [0.1, 0.15) is 10.8 Å². The number of Topliss-reactive ketones (excluding diaryl/α,β-unsaturated/α-hetero) is 1. The number of hydrogen-bond donors (Lipinski definition) is 0. The molecule has 11 heavy (non-hydrogen) atoms. The summed E-state index contributed by atoms with van der Waals surface area (Å²) >= 11 is 11.8. The summed E-state index contributed by atoms with van der Waals surface area (Å²) in [6.45, 7) is 2.03. The van der Waals surface area contributed by atoms with Crippen molar-refractivity contribution in [2.45, 2.75) is 30.5 Å². The highest BCUT2D eigenvalue weighted by atomic mass is 35.5. The maximum Gasteiger partial charge on any atom is 0.169 e. The molecule has 0 aromatic heterocycles. The van der Waals surface area contributed by atoms with E-state index in [4.69, 9.17) is 23.2 Å². The predicted octanol–water partition coefficient (Wildman–Crippen LogP) is 2.20. The molecular weight excluding hydrogens is 183 g/mol. The lowest BCUT2D eigenvalue weighted by atomic mass is 9.65. The summed E-state index contributed by atoms with van der Waals surface area (Å²) in [7, 11) is 0. The molecule has 0 saturated heterocycles. The van der Waals surface area contributed by atoms with Crippen molar-refractivity contribution in [3.8, 4) is 0 Å². The molecule has 1 nitrogen and oxygen atoms in total. The van der Waals surface area contributed by atoms with Crippen LogP contribution in [-0.4, -0.2) is 16.5 Å². The van der Waals surface area contributed by atoms with Crippen LogP contribution in [0.3, 0.4) is 0 Å². The van der Waals surface area contributed by atoms with Crippen molar-refractivity contribution in [3.63, 3.8) is 0 Å². The molecule has 0 amide bonds. The van der Waals surface area contributed by atoms with Gasteiger partial charge in [-0.1, -0.05) is 6.92 Å². The van der Waals surface area contributed by atoms with Gasteiger partial charge >= 0.3 is 0 Å². The Kier molecular flexibility index (Phi) is 1.53. The molecule has 2 saturated carbocycles. The molecule has 0 aromatic rings. The highest BCUT2D eigenvalue weighted by Gasteiger charge is 2.63. The Balaban J connectivity index is 2.19. The van der Waals surface area contributed by atoms with Gasteiger partial charge < -0.3 is 0 Å². The SMILES string of the molecule is CC1(C2CC2)C(Cl)C(=O)C1Cl. The first-order valence-electron chi connectivity index (χ1n) is 3.90. The minimum absolute atomic E-state index is 0.0164. The Morgan fingerprint density at radius 3 is 2.18 bits per heavy atom. The van der Waals surface area contributed by atoms with Gasteiger partial charge in [-0.15, -0.1) is 23.2 Å². The zero-order valence-electron chi connectivity index (χ0n) is 6.31. The smallest absolute Gasteiger partial charge is 0.169 e. The van der Waals surface area contributed by atoms with E-state index in [0.29, 0.717) is 5.92 Å². The van der Waals surface area contributed by atoms with Crippen molar-refractivity contribution in [2.75, 3.05) is 0 Å². The van der Waals surface area contributed by atoms with Crippen LogP contribution in [0.4, 0.5) is 0 Å². The number of halogens is 2. The van der Waals surface area contributed by atoms with Crippen LogP contribution in [-0.2, 0) is 4.79 Å². The lowest BCUT2D eigenvalue weighted by Gasteiger charge is -2.46. The quantitative estimate of drug-likeness (QED) is 0.583. The second kappa shape index (κ2) is 2.14. The second-order valence-electron chi connectivity index (χ2n) is 3.77. The van der Waals surface area contributed by atoms with Gasteiger partial charge in [0.15, 0.2) is 5.78 Å². The van der Waals surface area contributed by atoms with Crippen LogP contribution in [0.5, 0.6) is 0 Å².